The second kappa shape index (κ2) is 6.88. The molecule has 110 valence electrons. The molecule has 4 nitrogen and oxygen atoms in total. The van der Waals surface area contributed by atoms with Gasteiger partial charge in [-0.05, 0) is 38.1 Å². The van der Waals surface area contributed by atoms with Gasteiger partial charge in [0.25, 0.3) is 5.91 Å². The first-order chi connectivity index (χ1) is 10.1. The Morgan fingerprint density at radius 2 is 2.10 bits per heavy atom. The van der Waals surface area contributed by atoms with Crippen LogP contribution in [0.5, 0.6) is 0 Å². The number of rotatable bonds is 5. The summed E-state index contributed by atoms with van der Waals surface area (Å²) in [7, 11) is 1.80. The first-order valence-electron chi connectivity index (χ1n) is 7.11. The van der Waals surface area contributed by atoms with Crippen molar-refractivity contribution in [3.8, 4) is 0 Å². The number of nitrogens with zero attached hydrogens (tertiary/aromatic N) is 2. The fourth-order valence-corrected chi connectivity index (χ4v) is 2.19. The summed E-state index contributed by atoms with van der Waals surface area (Å²) in [5.41, 5.74) is 3.54. The molecular formula is C17H21N3O. The minimum Gasteiger partial charge on any atom is -0.385 e. The lowest BCUT2D eigenvalue weighted by Gasteiger charge is -2.19. The van der Waals surface area contributed by atoms with Crippen LogP contribution in [0.2, 0.25) is 0 Å². The van der Waals surface area contributed by atoms with Crippen molar-refractivity contribution in [1.82, 2.24) is 9.88 Å². The highest BCUT2D eigenvalue weighted by Crippen LogP contribution is 2.19. The van der Waals surface area contributed by atoms with E-state index in [-0.39, 0.29) is 5.91 Å². The highest BCUT2D eigenvalue weighted by atomic mass is 16.2. The number of carbonyl (C=O) groups is 1. The number of aromatic nitrogens is 1. The molecule has 0 fully saturated rings. The minimum atomic E-state index is 0.000281. The van der Waals surface area contributed by atoms with Crippen LogP contribution in [0.3, 0.4) is 0 Å². The van der Waals surface area contributed by atoms with Crippen molar-refractivity contribution >= 4 is 11.6 Å². The third kappa shape index (κ3) is 3.81. The number of benzene rings is 1. The summed E-state index contributed by atoms with van der Waals surface area (Å²) in [5.74, 6) is 0.000281. The number of hydrogen-bond acceptors (Lipinski definition) is 3. The van der Waals surface area contributed by atoms with E-state index in [1.807, 2.05) is 50.2 Å². The summed E-state index contributed by atoms with van der Waals surface area (Å²) >= 11 is 0. The fourth-order valence-electron chi connectivity index (χ4n) is 2.19. The van der Waals surface area contributed by atoms with Crippen molar-refractivity contribution in [1.29, 1.82) is 0 Å². The molecule has 4 heteroatoms. The van der Waals surface area contributed by atoms with Gasteiger partial charge in [-0.3, -0.25) is 9.78 Å². The molecule has 1 N–H and O–H groups in total. The van der Waals surface area contributed by atoms with Crippen LogP contribution in [-0.2, 0) is 6.54 Å². The van der Waals surface area contributed by atoms with E-state index >= 15 is 0 Å². The second-order valence-electron chi connectivity index (χ2n) is 5.06. The van der Waals surface area contributed by atoms with Gasteiger partial charge in [0, 0.05) is 25.5 Å². The van der Waals surface area contributed by atoms with E-state index in [9.17, 15) is 4.79 Å². The Kier molecular flexibility index (Phi) is 4.93. The average molecular weight is 283 g/mol. The number of amides is 1. The predicted molar refractivity (Wildman–Crippen MR) is 85.4 cm³/mol. The largest absolute Gasteiger partial charge is 0.385 e. The smallest absolute Gasteiger partial charge is 0.256 e. The maximum Gasteiger partial charge on any atom is 0.256 e. The highest BCUT2D eigenvalue weighted by molar-refractivity contribution is 5.99. The van der Waals surface area contributed by atoms with Crippen LogP contribution in [0.1, 0.15) is 28.5 Å². The summed E-state index contributed by atoms with van der Waals surface area (Å²) in [4.78, 5) is 18.6. The first-order valence-corrected chi connectivity index (χ1v) is 7.11. The molecule has 0 saturated heterocycles. The normalized spacial score (nSPS) is 10.2. The van der Waals surface area contributed by atoms with Gasteiger partial charge < -0.3 is 10.2 Å². The van der Waals surface area contributed by atoms with Crippen LogP contribution in [0, 0.1) is 6.92 Å². The molecule has 0 atom stereocenters. The number of anilines is 1. The molecule has 0 aliphatic rings. The molecule has 21 heavy (non-hydrogen) atoms. The third-order valence-electron chi connectivity index (χ3n) is 3.24. The van der Waals surface area contributed by atoms with E-state index in [1.165, 1.54) is 0 Å². The lowest BCUT2D eigenvalue weighted by molar-refractivity contribution is 0.0784. The average Bonchev–Trinajstić information content (AvgIpc) is 2.49. The van der Waals surface area contributed by atoms with Gasteiger partial charge in [0.05, 0.1) is 17.8 Å². The molecule has 0 aliphatic carbocycles. The van der Waals surface area contributed by atoms with Crippen LogP contribution in [0.25, 0.3) is 0 Å². The second-order valence-corrected chi connectivity index (χ2v) is 5.06. The lowest BCUT2D eigenvalue weighted by Crippen LogP contribution is -2.27. The summed E-state index contributed by atoms with van der Waals surface area (Å²) < 4.78 is 0. The van der Waals surface area contributed by atoms with Gasteiger partial charge in [-0.1, -0.05) is 17.7 Å². The van der Waals surface area contributed by atoms with Gasteiger partial charge in [-0.15, -0.1) is 0 Å². The van der Waals surface area contributed by atoms with E-state index in [1.54, 1.807) is 18.1 Å². The van der Waals surface area contributed by atoms with Crippen LogP contribution < -0.4 is 5.32 Å². The van der Waals surface area contributed by atoms with E-state index in [2.05, 4.69) is 10.3 Å². The first kappa shape index (κ1) is 15.0. The van der Waals surface area contributed by atoms with E-state index in [0.717, 1.165) is 23.5 Å². The summed E-state index contributed by atoms with van der Waals surface area (Å²) in [5, 5.41) is 3.24. The predicted octanol–water partition coefficient (Wildman–Crippen LogP) is 3.09. The van der Waals surface area contributed by atoms with Gasteiger partial charge >= 0.3 is 0 Å². The number of nitrogens with one attached hydrogen (secondary N) is 1. The molecule has 0 bridgehead atoms. The molecule has 2 aromatic rings. The van der Waals surface area contributed by atoms with Crippen LogP contribution in [0.15, 0.2) is 42.6 Å². The minimum absolute atomic E-state index is 0.000281. The molecule has 0 aliphatic heterocycles. The molecule has 0 saturated carbocycles. The quantitative estimate of drug-likeness (QED) is 0.917. The Bertz CT molecular complexity index is 611. The Morgan fingerprint density at radius 1 is 1.29 bits per heavy atom. The van der Waals surface area contributed by atoms with Gasteiger partial charge in [-0.2, -0.15) is 0 Å². The van der Waals surface area contributed by atoms with Crippen molar-refractivity contribution in [3.63, 3.8) is 0 Å². The molecule has 1 heterocycles. The Morgan fingerprint density at radius 3 is 2.76 bits per heavy atom. The molecule has 1 amide bonds. The fraction of sp³-hybridized carbons (Fsp3) is 0.294. The van der Waals surface area contributed by atoms with E-state index in [4.69, 9.17) is 0 Å². The number of carbonyl (C=O) groups excluding carboxylic acids is 1. The Labute approximate surface area is 125 Å². The number of aryl methyl sites for hydroxylation is 1. The zero-order valence-electron chi connectivity index (χ0n) is 12.8. The molecule has 2 rings (SSSR count). The van der Waals surface area contributed by atoms with Gasteiger partial charge in [0.15, 0.2) is 0 Å². The van der Waals surface area contributed by atoms with Gasteiger partial charge in [0.1, 0.15) is 0 Å². The summed E-state index contributed by atoms with van der Waals surface area (Å²) in [6.07, 6.45) is 1.74. The van der Waals surface area contributed by atoms with Crippen molar-refractivity contribution in [3.05, 3.63) is 59.4 Å². The topological polar surface area (TPSA) is 45.2 Å². The number of hydrogen-bond donors (Lipinski definition) is 1. The van der Waals surface area contributed by atoms with Crippen molar-refractivity contribution in [2.45, 2.75) is 20.4 Å². The molecule has 0 spiro atoms. The maximum absolute atomic E-state index is 12.7. The lowest BCUT2D eigenvalue weighted by atomic mass is 10.1. The summed E-state index contributed by atoms with van der Waals surface area (Å²) in [6.45, 7) is 5.30. The van der Waals surface area contributed by atoms with Crippen molar-refractivity contribution < 1.29 is 4.79 Å². The maximum atomic E-state index is 12.7. The molecule has 0 radical (unpaired) electrons. The molecule has 0 unspecified atom stereocenters. The van der Waals surface area contributed by atoms with Gasteiger partial charge in [0.2, 0.25) is 0 Å². The summed E-state index contributed by atoms with van der Waals surface area (Å²) in [6, 6.07) is 11.6. The standard InChI is InChI=1S/C17H21N3O/c1-4-18-16-9-8-13(2)11-15(16)17(21)20(3)12-14-7-5-6-10-19-14/h5-11,18H,4,12H2,1-3H3. The molecule has 1 aromatic carbocycles. The molecule has 1 aromatic heterocycles. The van der Waals surface area contributed by atoms with Crippen LogP contribution >= 0.6 is 0 Å². The third-order valence-corrected chi connectivity index (χ3v) is 3.24. The van der Waals surface area contributed by atoms with Crippen LogP contribution in [0.4, 0.5) is 5.69 Å². The van der Waals surface area contributed by atoms with E-state index in [0.29, 0.717) is 12.1 Å². The Balaban J connectivity index is 2.20. The highest BCUT2D eigenvalue weighted by Gasteiger charge is 2.16. The number of pyridine rings is 1. The zero-order valence-corrected chi connectivity index (χ0v) is 12.8. The van der Waals surface area contributed by atoms with Crippen LogP contribution in [-0.4, -0.2) is 29.4 Å². The van der Waals surface area contributed by atoms with Gasteiger partial charge in [-0.25, -0.2) is 0 Å². The molecular weight excluding hydrogens is 262 g/mol. The zero-order chi connectivity index (χ0) is 15.2. The SMILES string of the molecule is CCNc1ccc(C)cc1C(=O)N(C)Cc1ccccn1. The van der Waals surface area contributed by atoms with Crippen molar-refractivity contribution in [2.24, 2.45) is 0 Å². The van der Waals surface area contributed by atoms with Crippen molar-refractivity contribution in [2.75, 3.05) is 18.9 Å². The van der Waals surface area contributed by atoms with E-state index < -0.39 is 0 Å². The monoisotopic (exact) mass is 283 g/mol. The Hall–Kier alpha value is -2.36.